The summed E-state index contributed by atoms with van der Waals surface area (Å²) in [6, 6.07) is 14.7. The fourth-order valence-electron chi connectivity index (χ4n) is 2.78. The van der Waals surface area contributed by atoms with Crippen LogP contribution in [0.25, 0.3) is 0 Å². The van der Waals surface area contributed by atoms with E-state index in [0.717, 1.165) is 30.0 Å². The molecule has 0 radical (unpaired) electrons. The number of anilines is 1. The zero-order valence-corrected chi connectivity index (χ0v) is 13.6. The Morgan fingerprint density at radius 2 is 2.00 bits per heavy atom. The van der Waals surface area contributed by atoms with Gasteiger partial charge in [0, 0.05) is 30.8 Å². The summed E-state index contributed by atoms with van der Waals surface area (Å²) in [5.41, 5.74) is 2.40. The Kier molecular flexibility index (Phi) is 4.79. The first-order valence-corrected chi connectivity index (χ1v) is 7.99. The second-order valence-electron chi connectivity index (χ2n) is 5.73. The molecule has 3 rings (SSSR count). The Bertz CT molecular complexity index is 741. The van der Waals surface area contributed by atoms with E-state index in [9.17, 15) is 9.59 Å². The van der Waals surface area contributed by atoms with E-state index in [2.05, 4.69) is 5.32 Å². The van der Waals surface area contributed by atoms with Crippen LogP contribution in [0, 0.1) is 0 Å². The first-order valence-electron chi connectivity index (χ1n) is 7.99. The van der Waals surface area contributed by atoms with E-state index in [4.69, 9.17) is 4.74 Å². The van der Waals surface area contributed by atoms with Crippen molar-refractivity contribution in [1.29, 1.82) is 0 Å². The number of methoxy groups -OCH3 is 1. The molecule has 124 valence electrons. The van der Waals surface area contributed by atoms with Crippen LogP contribution < -0.4 is 15.0 Å². The van der Waals surface area contributed by atoms with Gasteiger partial charge >= 0.3 is 0 Å². The van der Waals surface area contributed by atoms with Crippen molar-refractivity contribution in [2.24, 2.45) is 0 Å². The molecule has 0 aromatic heterocycles. The van der Waals surface area contributed by atoms with Crippen LogP contribution in [0.15, 0.2) is 48.5 Å². The zero-order valence-electron chi connectivity index (χ0n) is 13.6. The molecule has 0 atom stereocenters. The van der Waals surface area contributed by atoms with Crippen LogP contribution in [-0.4, -0.2) is 25.5 Å². The quantitative estimate of drug-likeness (QED) is 0.920. The van der Waals surface area contributed by atoms with Crippen LogP contribution in [0.4, 0.5) is 5.69 Å². The molecule has 0 saturated carbocycles. The number of benzene rings is 2. The van der Waals surface area contributed by atoms with Crippen molar-refractivity contribution in [2.75, 3.05) is 18.6 Å². The lowest BCUT2D eigenvalue weighted by atomic mass is 10.1. The SMILES string of the molecule is COc1cccc(CNC(=O)c2ccc(N3CCCC3=O)cc2)c1. The van der Waals surface area contributed by atoms with Crippen molar-refractivity contribution < 1.29 is 14.3 Å². The van der Waals surface area contributed by atoms with E-state index in [0.29, 0.717) is 18.5 Å². The number of hydrogen-bond donors (Lipinski definition) is 1. The average Bonchev–Trinajstić information content (AvgIpc) is 3.06. The lowest BCUT2D eigenvalue weighted by Gasteiger charge is -2.15. The summed E-state index contributed by atoms with van der Waals surface area (Å²) < 4.78 is 5.17. The molecule has 1 aliphatic rings. The molecule has 5 nitrogen and oxygen atoms in total. The number of hydrogen-bond acceptors (Lipinski definition) is 3. The monoisotopic (exact) mass is 324 g/mol. The molecule has 24 heavy (non-hydrogen) atoms. The highest BCUT2D eigenvalue weighted by Crippen LogP contribution is 2.21. The van der Waals surface area contributed by atoms with Crippen molar-refractivity contribution in [2.45, 2.75) is 19.4 Å². The Balaban J connectivity index is 1.61. The van der Waals surface area contributed by atoms with E-state index in [-0.39, 0.29) is 11.8 Å². The molecule has 0 bridgehead atoms. The Morgan fingerprint density at radius 1 is 1.21 bits per heavy atom. The van der Waals surface area contributed by atoms with E-state index >= 15 is 0 Å². The molecule has 1 heterocycles. The maximum atomic E-state index is 12.2. The smallest absolute Gasteiger partial charge is 0.251 e. The van der Waals surface area contributed by atoms with Gasteiger partial charge in [-0.2, -0.15) is 0 Å². The molecule has 0 spiro atoms. The zero-order chi connectivity index (χ0) is 16.9. The number of rotatable bonds is 5. The number of amides is 2. The maximum absolute atomic E-state index is 12.2. The van der Waals surface area contributed by atoms with E-state index in [1.807, 2.05) is 36.4 Å². The standard InChI is InChI=1S/C19H20N2O3/c1-24-17-5-2-4-14(12-17)13-20-19(23)15-7-9-16(10-8-15)21-11-3-6-18(21)22/h2,4-5,7-10,12H,3,6,11,13H2,1H3,(H,20,23). The lowest BCUT2D eigenvalue weighted by Crippen LogP contribution is -2.25. The third-order valence-electron chi connectivity index (χ3n) is 4.10. The number of carbonyl (C=O) groups is 2. The second-order valence-corrected chi connectivity index (χ2v) is 5.73. The molecule has 2 aromatic carbocycles. The summed E-state index contributed by atoms with van der Waals surface area (Å²) in [5.74, 6) is 0.767. The van der Waals surface area contributed by atoms with Gasteiger partial charge in [-0.25, -0.2) is 0 Å². The molecule has 1 N–H and O–H groups in total. The van der Waals surface area contributed by atoms with Gasteiger partial charge in [-0.05, 0) is 48.4 Å². The fourth-order valence-corrected chi connectivity index (χ4v) is 2.78. The van der Waals surface area contributed by atoms with Crippen molar-refractivity contribution in [3.8, 4) is 5.75 Å². The summed E-state index contributed by atoms with van der Waals surface area (Å²) in [7, 11) is 1.62. The number of nitrogens with one attached hydrogen (secondary N) is 1. The third kappa shape index (κ3) is 3.56. The van der Waals surface area contributed by atoms with Crippen molar-refractivity contribution in [1.82, 2.24) is 5.32 Å². The predicted molar refractivity (Wildman–Crippen MR) is 92.2 cm³/mol. The van der Waals surface area contributed by atoms with Crippen LogP contribution in [0.1, 0.15) is 28.8 Å². The van der Waals surface area contributed by atoms with Gasteiger partial charge < -0.3 is 15.0 Å². The van der Waals surface area contributed by atoms with Gasteiger partial charge in [0.2, 0.25) is 5.91 Å². The molecule has 2 amide bonds. The molecule has 0 aliphatic carbocycles. The van der Waals surface area contributed by atoms with Crippen LogP contribution >= 0.6 is 0 Å². The van der Waals surface area contributed by atoms with Crippen molar-refractivity contribution in [3.63, 3.8) is 0 Å². The minimum Gasteiger partial charge on any atom is -0.497 e. The van der Waals surface area contributed by atoms with Gasteiger partial charge in [0.25, 0.3) is 5.91 Å². The molecule has 1 aliphatic heterocycles. The minimum atomic E-state index is -0.142. The van der Waals surface area contributed by atoms with Gasteiger partial charge in [-0.15, -0.1) is 0 Å². The topological polar surface area (TPSA) is 58.6 Å². The van der Waals surface area contributed by atoms with Gasteiger partial charge in [0.1, 0.15) is 5.75 Å². The van der Waals surface area contributed by atoms with Crippen LogP contribution in [-0.2, 0) is 11.3 Å². The largest absolute Gasteiger partial charge is 0.497 e. The Hall–Kier alpha value is -2.82. The summed E-state index contributed by atoms with van der Waals surface area (Å²) >= 11 is 0. The summed E-state index contributed by atoms with van der Waals surface area (Å²) in [6.07, 6.45) is 1.49. The molecular weight excluding hydrogens is 304 g/mol. The number of carbonyl (C=O) groups excluding carboxylic acids is 2. The van der Waals surface area contributed by atoms with Crippen LogP contribution in [0.5, 0.6) is 5.75 Å². The second kappa shape index (κ2) is 7.17. The number of nitrogens with zero attached hydrogens (tertiary/aromatic N) is 1. The van der Waals surface area contributed by atoms with Gasteiger partial charge in [0.15, 0.2) is 0 Å². The Morgan fingerprint density at radius 3 is 2.67 bits per heavy atom. The predicted octanol–water partition coefficient (Wildman–Crippen LogP) is 2.75. The fraction of sp³-hybridized carbons (Fsp3) is 0.263. The van der Waals surface area contributed by atoms with E-state index in [1.54, 1.807) is 24.1 Å². The van der Waals surface area contributed by atoms with E-state index in [1.165, 1.54) is 0 Å². The summed E-state index contributed by atoms with van der Waals surface area (Å²) in [5, 5.41) is 2.89. The molecule has 1 saturated heterocycles. The lowest BCUT2D eigenvalue weighted by molar-refractivity contribution is -0.117. The summed E-state index contributed by atoms with van der Waals surface area (Å²) in [6.45, 7) is 1.18. The molecule has 5 heteroatoms. The third-order valence-corrected chi connectivity index (χ3v) is 4.10. The molecule has 2 aromatic rings. The molecule has 1 fully saturated rings. The summed E-state index contributed by atoms with van der Waals surface area (Å²) in [4.78, 5) is 25.7. The highest BCUT2D eigenvalue weighted by Gasteiger charge is 2.21. The first-order chi connectivity index (χ1) is 11.7. The normalized spacial score (nSPS) is 13.9. The number of ether oxygens (including phenoxy) is 1. The van der Waals surface area contributed by atoms with Gasteiger partial charge in [-0.3, -0.25) is 9.59 Å². The molecule has 0 unspecified atom stereocenters. The van der Waals surface area contributed by atoms with E-state index < -0.39 is 0 Å². The van der Waals surface area contributed by atoms with Gasteiger partial charge in [-0.1, -0.05) is 12.1 Å². The van der Waals surface area contributed by atoms with Crippen molar-refractivity contribution in [3.05, 3.63) is 59.7 Å². The van der Waals surface area contributed by atoms with Gasteiger partial charge in [0.05, 0.1) is 7.11 Å². The first kappa shape index (κ1) is 16.1. The Labute approximate surface area is 141 Å². The minimum absolute atomic E-state index is 0.142. The van der Waals surface area contributed by atoms with Crippen LogP contribution in [0.3, 0.4) is 0 Å². The van der Waals surface area contributed by atoms with Crippen molar-refractivity contribution >= 4 is 17.5 Å². The van der Waals surface area contributed by atoms with Crippen LogP contribution in [0.2, 0.25) is 0 Å². The average molecular weight is 324 g/mol. The molecular formula is C19H20N2O3. The highest BCUT2D eigenvalue weighted by atomic mass is 16.5. The maximum Gasteiger partial charge on any atom is 0.251 e. The highest BCUT2D eigenvalue weighted by molar-refractivity contribution is 5.97.